The van der Waals surface area contributed by atoms with Crippen LogP contribution in [0.5, 0.6) is 0 Å². The molecule has 0 aliphatic carbocycles. The normalized spacial score (nSPS) is 16.0. The number of rotatable bonds is 4. The Labute approximate surface area is 129 Å². The van der Waals surface area contributed by atoms with Gasteiger partial charge in [-0.25, -0.2) is 13.1 Å². The maximum atomic E-state index is 12.1. The van der Waals surface area contributed by atoms with Crippen LogP contribution in [0.2, 0.25) is 5.02 Å². The summed E-state index contributed by atoms with van der Waals surface area (Å²) < 4.78 is 26.6. The van der Waals surface area contributed by atoms with Crippen molar-refractivity contribution in [3.05, 3.63) is 23.2 Å². The number of sulfonamides is 1. The van der Waals surface area contributed by atoms with Gasteiger partial charge in [-0.2, -0.15) is 0 Å². The van der Waals surface area contributed by atoms with Crippen molar-refractivity contribution in [3.63, 3.8) is 0 Å². The number of halogens is 1. The zero-order chi connectivity index (χ0) is 15.5. The van der Waals surface area contributed by atoms with Crippen LogP contribution in [0.1, 0.15) is 19.3 Å². The first-order valence-corrected chi connectivity index (χ1v) is 8.59. The highest BCUT2D eigenvalue weighted by Gasteiger charge is 2.21. The predicted octanol–water partition coefficient (Wildman–Crippen LogP) is 1.21. The molecule has 1 aliphatic heterocycles. The molecule has 0 aromatic heterocycles. The number of hydrogen-bond acceptors (Lipinski definition) is 4. The Morgan fingerprint density at radius 1 is 1.29 bits per heavy atom. The summed E-state index contributed by atoms with van der Waals surface area (Å²) in [5.41, 5.74) is 5.71. The van der Waals surface area contributed by atoms with E-state index in [-0.39, 0.29) is 23.0 Å². The largest absolute Gasteiger partial charge is 0.398 e. The lowest BCUT2D eigenvalue weighted by molar-refractivity contribution is -0.130. The second kappa shape index (κ2) is 6.64. The van der Waals surface area contributed by atoms with Crippen LogP contribution in [-0.2, 0) is 14.8 Å². The summed E-state index contributed by atoms with van der Waals surface area (Å²) in [6.07, 6.45) is 3.03. The summed E-state index contributed by atoms with van der Waals surface area (Å²) in [6, 6.07) is 4.13. The molecule has 6 nitrogen and oxygen atoms in total. The van der Waals surface area contributed by atoms with Gasteiger partial charge >= 0.3 is 0 Å². The first-order chi connectivity index (χ1) is 9.90. The third-order valence-electron chi connectivity index (χ3n) is 3.38. The molecule has 0 atom stereocenters. The molecule has 0 spiro atoms. The van der Waals surface area contributed by atoms with E-state index in [0.717, 1.165) is 19.3 Å². The van der Waals surface area contributed by atoms with Crippen LogP contribution in [0.4, 0.5) is 5.69 Å². The molecule has 2 rings (SSSR count). The third-order valence-corrected chi connectivity index (χ3v) is 5.09. The number of likely N-dealkylation sites (tertiary alicyclic amines) is 1. The number of nitrogens with one attached hydrogen (secondary N) is 1. The fourth-order valence-corrected chi connectivity index (χ4v) is 3.52. The van der Waals surface area contributed by atoms with E-state index in [0.29, 0.717) is 18.1 Å². The van der Waals surface area contributed by atoms with Crippen LogP contribution in [0.3, 0.4) is 0 Å². The van der Waals surface area contributed by atoms with Crippen molar-refractivity contribution in [2.24, 2.45) is 0 Å². The lowest BCUT2D eigenvalue weighted by Gasteiger charge is -2.26. The molecule has 1 saturated heterocycles. The number of nitrogens with zero attached hydrogens (tertiary/aromatic N) is 1. The average molecular weight is 332 g/mol. The van der Waals surface area contributed by atoms with Gasteiger partial charge in [-0.3, -0.25) is 4.79 Å². The molecule has 1 aliphatic rings. The number of piperidine rings is 1. The number of nitrogens with two attached hydrogens (primary N) is 1. The Kier molecular flexibility index (Phi) is 5.08. The van der Waals surface area contributed by atoms with E-state index in [2.05, 4.69) is 4.72 Å². The van der Waals surface area contributed by atoms with Crippen molar-refractivity contribution in [3.8, 4) is 0 Å². The van der Waals surface area contributed by atoms with Crippen molar-refractivity contribution >= 4 is 33.2 Å². The maximum absolute atomic E-state index is 12.1. The highest BCUT2D eigenvalue weighted by atomic mass is 35.5. The van der Waals surface area contributed by atoms with E-state index >= 15 is 0 Å². The van der Waals surface area contributed by atoms with E-state index < -0.39 is 10.0 Å². The van der Waals surface area contributed by atoms with Crippen LogP contribution >= 0.6 is 11.6 Å². The van der Waals surface area contributed by atoms with E-state index in [4.69, 9.17) is 17.3 Å². The predicted molar refractivity (Wildman–Crippen MR) is 81.5 cm³/mol. The molecule has 1 heterocycles. The second-order valence-corrected chi connectivity index (χ2v) is 7.12. The first kappa shape index (κ1) is 16.1. The molecule has 116 valence electrons. The van der Waals surface area contributed by atoms with Crippen LogP contribution in [0.15, 0.2) is 23.1 Å². The molecule has 1 aromatic carbocycles. The molecule has 8 heteroatoms. The Balaban J connectivity index is 2.02. The van der Waals surface area contributed by atoms with Gasteiger partial charge in [0.15, 0.2) is 0 Å². The quantitative estimate of drug-likeness (QED) is 0.811. The molecule has 3 N–H and O–H groups in total. The Morgan fingerprint density at radius 2 is 1.95 bits per heavy atom. The zero-order valence-corrected chi connectivity index (χ0v) is 13.1. The molecule has 1 amide bonds. The van der Waals surface area contributed by atoms with Gasteiger partial charge in [-0.15, -0.1) is 0 Å². The minimum atomic E-state index is -3.82. The van der Waals surface area contributed by atoms with Crippen molar-refractivity contribution in [2.45, 2.75) is 24.2 Å². The molecule has 0 bridgehead atoms. The summed E-state index contributed by atoms with van der Waals surface area (Å²) in [5, 5.41) is 0.357. The van der Waals surface area contributed by atoms with Crippen molar-refractivity contribution < 1.29 is 13.2 Å². The second-order valence-electron chi connectivity index (χ2n) is 4.95. The van der Waals surface area contributed by atoms with Gasteiger partial charge in [0, 0.05) is 18.1 Å². The van der Waals surface area contributed by atoms with Gasteiger partial charge in [0.2, 0.25) is 15.9 Å². The number of amides is 1. The molecular weight excluding hydrogens is 314 g/mol. The molecule has 1 aromatic rings. The van der Waals surface area contributed by atoms with Gasteiger partial charge < -0.3 is 10.6 Å². The van der Waals surface area contributed by atoms with Gasteiger partial charge in [0.05, 0.1) is 12.2 Å². The first-order valence-electron chi connectivity index (χ1n) is 6.72. The highest BCUT2D eigenvalue weighted by molar-refractivity contribution is 7.89. The number of anilines is 1. The van der Waals surface area contributed by atoms with Crippen LogP contribution < -0.4 is 10.5 Å². The topological polar surface area (TPSA) is 92.5 Å². The van der Waals surface area contributed by atoms with E-state index in [1.807, 2.05) is 0 Å². The summed E-state index contributed by atoms with van der Waals surface area (Å²) in [5.74, 6) is -0.217. The molecule has 1 fully saturated rings. The lowest BCUT2D eigenvalue weighted by Crippen LogP contribution is -2.42. The van der Waals surface area contributed by atoms with Crippen LogP contribution in [0.25, 0.3) is 0 Å². The number of benzene rings is 1. The van der Waals surface area contributed by atoms with Crippen molar-refractivity contribution in [2.75, 3.05) is 25.4 Å². The fraction of sp³-hybridized carbons (Fsp3) is 0.462. The Bertz CT molecular complexity index is 628. The minimum absolute atomic E-state index is 0.0559. The summed E-state index contributed by atoms with van der Waals surface area (Å²) in [4.78, 5) is 13.6. The molecule has 0 saturated carbocycles. The third kappa shape index (κ3) is 4.09. The average Bonchev–Trinajstić information content (AvgIpc) is 2.45. The van der Waals surface area contributed by atoms with Crippen LogP contribution in [0, 0.1) is 0 Å². The van der Waals surface area contributed by atoms with E-state index in [1.165, 1.54) is 18.2 Å². The summed E-state index contributed by atoms with van der Waals surface area (Å²) in [6.45, 7) is 1.11. The SMILES string of the molecule is Nc1cc(Cl)ccc1S(=O)(=O)NCC(=O)N1CCCCC1. The standard InChI is InChI=1S/C13H18ClN3O3S/c14-10-4-5-12(11(15)8-10)21(19,20)16-9-13(18)17-6-2-1-3-7-17/h4-5,8,16H,1-3,6-7,9,15H2. The molecular formula is C13H18ClN3O3S. The summed E-state index contributed by atoms with van der Waals surface area (Å²) in [7, 11) is -3.82. The number of nitrogen functional groups attached to an aromatic ring is 1. The monoisotopic (exact) mass is 331 g/mol. The molecule has 21 heavy (non-hydrogen) atoms. The number of carbonyl (C=O) groups excluding carboxylic acids is 1. The summed E-state index contributed by atoms with van der Waals surface area (Å²) >= 11 is 5.74. The number of hydrogen-bond donors (Lipinski definition) is 2. The van der Waals surface area contributed by atoms with Gasteiger partial charge in [-0.05, 0) is 37.5 Å². The fourth-order valence-electron chi connectivity index (χ4n) is 2.25. The van der Waals surface area contributed by atoms with Crippen LogP contribution in [-0.4, -0.2) is 38.9 Å². The van der Waals surface area contributed by atoms with Gasteiger partial charge in [0.1, 0.15) is 4.90 Å². The molecule has 0 radical (unpaired) electrons. The van der Waals surface area contributed by atoms with Gasteiger partial charge in [0.25, 0.3) is 0 Å². The Hall–Kier alpha value is -1.31. The molecule has 0 unspecified atom stereocenters. The van der Waals surface area contributed by atoms with E-state index in [1.54, 1.807) is 4.90 Å². The minimum Gasteiger partial charge on any atom is -0.398 e. The zero-order valence-electron chi connectivity index (χ0n) is 11.5. The van der Waals surface area contributed by atoms with Gasteiger partial charge in [-0.1, -0.05) is 11.6 Å². The number of carbonyl (C=O) groups is 1. The Morgan fingerprint density at radius 3 is 2.57 bits per heavy atom. The lowest BCUT2D eigenvalue weighted by atomic mass is 10.1. The maximum Gasteiger partial charge on any atom is 0.243 e. The van der Waals surface area contributed by atoms with E-state index in [9.17, 15) is 13.2 Å². The van der Waals surface area contributed by atoms with Crippen molar-refractivity contribution in [1.82, 2.24) is 9.62 Å². The smallest absolute Gasteiger partial charge is 0.243 e. The van der Waals surface area contributed by atoms with Crippen molar-refractivity contribution in [1.29, 1.82) is 0 Å². The highest BCUT2D eigenvalue weighted by Crippen LogP contribution is 2.22.